The first-order chi connectivity index (χ1) is 7.60. The summed E-state index contributed by atoms with van der Waals surface area (Å²) in [5.74, 6) is 0.292. The van der Waals surface area contributed by atoms with E-state index in [0.29, 0.717) is 6.61 Å². The van der Waals surface area contributed by atoms with Gasteiger partial charge in [0.25, 0.3) is 0 Å². The van der Waals surface area contributed by atoms with Crippen LogP contribution in [0.5, 0.6) is 0 Å². The van der Waals surface area contributed by atoms with Crippen molar-refractivity contribution in [3.05, 3.63) is 0 Å². The van der Waals surface area contributed by atoms with Gasteiger partial charge in [0.15, 0.2) is 0 Å². The molecule has 0 aromatic rings. The van der Waals surface area contributed by atoms with E-state index in [9.17, 15) is 4.79 Å². The Kier molecular flexibility index (Phi) is 5.22. The van der Waals surface area contributed by atoms with Crippen molar-refractivity contribution in [1.29, 1.82) is 0 Å². The molecule has 1 amide bonds. The predicted molar refractivity (Wildman–Crippen MR) is 64.3 cm³/mol. The smallest absolute Gasteiger partial charge is 0.227 e. The van der Waals surface area contributed by atoms with Crippen LogP contribution in [0.4, 0.5) is 0 Å². The molecule has 4 heteroatoms. The zero-order valence-corrected chi connectivity index (χ0v) is 10.8. The Bertz CT molecular complexity index is 233. The molecule has 3 atom stereocenters. The summed E-state index contributed by atoms with van der Waals surface area (Å²) < 4.78 is 5.59. The van der Waals surface area contributed by atoms with Gasteiger partial charge in [-0.05, 0) is 20.4 Å². The molecule has 0 spiro atoms. The number of hydrogen-bond donors (Lipinski definition) is 1. The number of ether oxygens (including phenoxy) is 1. The van der Waals surface area contributed by atoms with Gasteiger partial charge in [0.1, 0.15) is 0 Å². The quantitative estimate of drug-likeness (QED) is 0.776. The Hall–Kier alpha value is -0.610. The fourth-order valence-corrected chi connectivity index (χ4v) is 2.13. The zero-order chi connectivity index (χ0) is 12.1. The third kappa shape index (κ3) is 3.19. The minimum absolute atomic E-state index is 0.0457. The maximum absolute atomic E-state index is 12.2. The van der Waals surface area contributed by atoms with Gasteiger partial charge in [-0.15, -0.1) is 0 Å². The molecule has 0 aromatic carbocycles. The van der Waals surface area contributed by atoms with Crippen molar-refractivity contribution >= 4 is 5.91 Å². The van der Waals surface area contributed by atoms with E-state index in [-0.39, 0.29) is 24.0 Å². The number of carbonyl (C=O) groups is 1. The number of hydrogen-bond acceptors (Lipinski definition) is 3. The van der Waals surface area contributed by atoms with Crippen molar-refractivity contribution < 1.29 is 9.53 Å². The van der Waals surface area contributed by atoms with E-state index in [2.05, 4.69) is 12.2 Å². The molecule has 1 aliphatic rings. The normalized spacial score (nSPS) is 27.9. The summed E-state index contributed by atoms with van der Waals surface area (Å²) in [5, 5.41) is 3.05. The minimum Gasteiger partial charge on any atom is -0.375 e. The number of carbonyl (C=O) groups excluding carboxylic acids is 1. The molecule has 0 bridgehead atoms. The largest absolute Gasteiger partial charge is 0.375 e. The number of rotatable bonds is 4. The van der Waals surface area contributed by atoms with E-state index < -0.39 is 0 Å². The Balaban J connectivity index is 2.62. The Morgan fingerprint density at radius 2 is 2.31 bits per heavy atom. The number of morpholine rings is 1. The molecule has 0 radical (unpaired) electrons. The average molecular weight is 228 g/mol. The van der Waals surface area contributed by atoms with Crippen LogP contribution in [-0.2, 0) is 9.53 Å². The van der Waals surface area contributed by atoms with Crippen LogP contribution < -0.4 is 5.32 Å². The second kappa shape index (κ2) is 6.21. The molecule has 94 valence electrons. The molecule has 1 rings (SSSR count). The monoisotopic (exact) mass is 228 g/mol. The van der Waals surface area contributed by atoms with Crippen LogP contribution >= 0.6 is 0 Å². The predicted octanol–water partition coefficient (Wildman–Crippen LogP) is 0.868. The van der Waals surface area contributed by atoms with Crippen LogP contribution in [0.25, 0.3) is 0 Å². The molecule has 4 nitrogen and oxygen atoms in total. The number of amides is 1. The molecule has 3 unspecified atom stereocenters. The van der Waals surface area contributed by atoms with Gasteiger partial charge in [0, 0.05) is 19.0 Å². The van der Waals surface area contributed by atoms with Gasteiger partial charge < -0.3 is 15.0 Å². The van der Waals surface area contributed by atoms with E-state index in [4.69, 9.17) is 4.74 Å². The molecular formula is C12H24N2O2. The topological polar surface area (TPSA) is 41.6 Å². The summed E-state index contributed by atoms with van der Waals surface area (Å²) in [5.41, 5.74) is 0. The summed E-state index contributed by atoms with van der Waals surface area (Å²) in [6.45, 7) is 8.25. The van der Waals surface area contributed by atoms with Crippen molar-refractivity contribution in [2.24, 2.45) is 5.92 Å². The maximum atomic E-state index is 12.2. The fourth-order valence-electron chi connectivity index (χ4n) is 2.13. The molecule has 1 heterocycles. The molecular weight excluding hydrogens is 204 g/mol. The van der Waals surface area contributed by atoms with Crippen LogP contribution in [0, 0.1) is 5.92 Å². The number of nitrogens with zero attached hydrogens (tertiary/aromatic N) is 1. The van der Waals surface area contributed by atoms with Crippen molar-refractivity contribution in [2.75, 3.05) is 26.7 Å². The van der Waals surface area contributed by atoms with Crippen molar-refractivity contribution in [1.82, 2.24) is 10.2 Å². The van der Waals surface area contributed by atoms with Crippen LogP contribution in [-0.4, -0.2) is 49.7 Å². The Morgan fingerprint density at radius 3 is 2.88 bits per heavy atom. The van der Waals surface area contributed by atoms with Crippen LogP contribution in [0.3, 0.4) is 0 Å². The van der Waals surface area contributed by atoms with Crippen LogP contribution in [0.1, 0.15) is 27.2 Å². The lowest BCUT2D eigenvalue weighted by Gasteiger charge is -2.39. The van der Waals surface area contributed by atoms with Gasteiger partial charge >= 0.3 is 0 Å². The SMILES string of the molecule is CCC1COC(C)CN1C(=O)C(C)CNC. The summed E-state index contributed by atoms with van der Waals surface area (Å²) in [4.78, 5) is 14.2. The second-order valence-corrected chi connectivity index (χ2v) is 4.66. The maximum Gasteiger partial charge on any atom is 0.227 e. The Labute approximate surface area is 98.3 Å². The van der Waals surface area contributed by atoms with E-state index in [1.165, 1.54) is 0 Å². The first-order valence-electron chi connectivity index (χ1n) is 6.16. The molecule has 0 aromatic heterocycles. The second-order valence-electron chi connectivity index (χ2n) is 4.66. The molecule has 1 saturated heterocycles. The van der Waals surface area contributed by atoms with E-state index in [0.717, 1.165) is 19.5 Å². The molecule has 0 saturated carbocycles. The third-order valence-corrected chi connectivity index (χ3v) is 3.15. The van der Waals surface area contributed by atoms with Crippen molar-refractivity contribution in [2.45, 2.75) is 39.3 Å². The molecule has 0 aliphatic carbocycles. The lowest BCUT2D eigenvalue weighted by molar-refractivity contribution is -0.148. The highest BCUT2D eigenvalue weighted by molar-refractivity contribution is 5.79. The van der Waals surface area contributed by atoms with Gasteiger partial charge in [-0.3, -0.25) is 4.79 Å². The fraction of sp³-hybridized carbons (Fsp3) is 0.917. The van der Waals surface area contributed by atoms with E-state index in [1.54, 1.807) is 0 Å². The number of nitrogens with one attached hydrogen (secondary N) is 1. The zero-order valence-electron chi connectivity index (χ0n) is 10.8. The Morgan fingerprint density at radius 1 is 1.62 bits per heavy atom. The van der Waals surface area contributed by atoms with Gasteiger partial charge in [-0.2, -0.15) is 0 Å². The minimum atomic E-state index is 0.0457. The van der Waals surface area contributed by atoms with Crippen LogP contribution in [0.2, 0.25) is 0 Å². The summed E-state index contributed by atoms with van der Waals surface area (Å²) in [7, 11) is 1.88. The van der Waals surface area contributed by atoms with Gasteiger partial charge in [0.05, 0.1) is 18.8 Å². The highest BCUT2D eigenvalue weighted by Crippen LogP contribution is 2.17. The lowest BCUT2D eigenvalue weighted by Crippen LogP contribution is -2.53. The summed E-state index contributed by atoms with van der Waals surface area (Å²) >= 11 is 0. The molecule has 1 aliphatic heterocycles. The van der Waals surface area contributed by atoms with E-state index >= 15 is 0 Å². The van der Waals surface area contributed by atoms with Gasteiger partial charge in [-0.1, -0.05) is 13.8 Å². The third-order valence-electron chi connectivity index (χ3n) is 3.15. The summed E-state index contributed by atoms with van der Waals surface area (Å²) in [6, 6.07) is 0.253. The molecule has 1 fully saturated rings. The van der Waals surface area contributed by atoms with Crippen LogP contribution in [0.15, 0.2) is 0 Å². The van der Waals surface area contributed by atoms with Gasteiger partial charge in [-0.25, -0.2) is 0 Å². The van der Waals surface area contributed by atoms with Crippen molar-refractivity contribution in [3.8, 4) is 0 Å². The first kappa shape index (κ1) is 13.5. The molecule has 16 heavy (non-hydrogen) atoms. The highest BCUT2D eigenvalue weighted by atomic mass is 16.5. The molecule has 1 N–H and O–H groups in total. The van der Waals surface area contributed by atoms with Gasteiger partial charge in [0.2, 0.25) is 5.91 Å². The summed E-state index contributed by atoms with van der Waals surface area (Å²) in [6.07, 6.45) is 1.12. The standard InChI is InChI=1S/C12H24N2O2/c1-5-11-8-16-10(3)7-14(11)12(15)9(2)6-13-4/h9-11,13H,5-8H2,1-4H3. The van der Waals surface area contributed by atoms with Crippen molar-refractivity contribution in [3.63, 3.8) is 0 Å². The van der Waals surface area contributed by atoms with E-state index in [1.807, 2.05) is 25.8 Å². The lowest BCUT2D eigenvalue weighted by atomic mass is 10.1. The average Bonchev–Trinajstić information content (AvgIpc) is 2.28. The highest BCUT2D eigenvalue weighted by Gasteiger charge is 2.31. The first-order valence-corrected chi connectivity index (χ1v) is 6.16.